The minimum Gasteiger partial charge on any atom is -0.303 e. The molecule has 0 unspecified atom stereocenters. The lowest BCUT2D eigenvalue weighted by Gasteiger charge is -2.19. The van der Waals surface area contributed by atoms with Crippen LogP contribution in [-0.2, 0) is 6.42 Å². The number of pyridine rings is 1. The predicted molar refractivity (Wildman–Crippen MR) is 82.4 cm³/mol. The minimum atomic E-state index is 0.964. The summed E-state index contributed by atoms with van der Waals surface area (Å²) in [5.41, 5.74) is 0.986. The van der Waals surface area contributed by atoms with E-state index in [-0.39, 0.29) is 0 Å². The molecule has 3 heterocycles. The molecule has 2 aromatic rings. The smallest absolute Gasteiger partial charge is 0.138 e. The Morgan fingerprint density at radius 1 is 1.10 bits per heavy atom. The van der Waals surface area contributed by atoms with Crippen LogP contribution >= 0.6 is 0 Å². The molecule has 21 heavy (non-hydrogen) atoms. The van der Waals surface area contributed by atoms with Gasteiger partial charge in [0, 0.05) is 12.6 Å². The Labute approximate surface area is 126 Å². The van der Waals surface area contributed by atoms with Gasteiger partial charge in [-0.25, -0.2) is 9.67 Å². The minimum absolute atomic E-state index is 0.964. The molecule has 112 valence electrons. The first-order valence-electron chi connectivity index (χ1n) is 7.95. The van der Waals surface area contributed by atoms with Crippen molar-refractivity contribution in [1.29, 1.82) is 0 Å². The molecule has 0 aliphatic carbocycles. The molecule has 0 saturated carbocycles. The van der Waals surface area contributed by atoms with E-state index in [0.29, 0.717) is 0 Å². The number of hydrogen-bond acceptors (Lipinski definition) is 4. The van der Waals surface area contributed by atoms with Crippen molar-refractivity contribution in [2.45, 2.75) is 38.5 Å². The highest BCUT2D eigenvalue weighted by Crippen LogP contribution is 2.12. The van der Waals surface area contributed by atoms with Gasteiger partial charge in [0.15, 0.2) is 0 Å². The zero-order valence-corrected chi connectivity index (χ0v) is 12.5. The predicted octanol–water partition coefficient (Wildman–Crippen LogP) is 2.47. The Bertz CT molecular complexity index is 529. The summed E-state index contributed by atoms with van der Waals surface area (Å²) in [5, 5.41) is 4.32. The molecule has 0 aromatic carbocycles. The van der Waals surface area contributed by atoms with Crippen LogP contribution in [-0.4, -0.2) is 44.3 Å². The van der Waals surface area contributed by atoms with Crippen molar-refractivity contribution in [3.05, 3.63) is 36.7 Å². The summed E-state index contributed by atoms with van der Waals surface area (Å²) in [6.07, 6.45) is 12.8. The number of aromatic nitrogens is 4. The fourth-order valence-corrected chi connectivity index (χ4v) is 2.95. The van der Waals surface area contributed by atoms with Crippen molar-refractivity contribution >= 4 is 0 Å². The van der Waals surface area contributed by atoms with E-state index < -0.39 is 0 Å². The van der Waals surface area contributed by atoms with Crippen LogP contribution in [0, 0.1) is 0 Å². The third kappa shape index (κ3) is 3.88. The average molecular weight is 285 g/mol. The normalized spacial score (nSPS) is 16.8. The summed E-state index contributed by atoms with van der Waals surface area (Å²) in [7, 11) is 0. The molecule has 2 aromatic heterocycles. The summed E-state index contributed by atoms with van der Waals surface area (Å²) in [6, 6.07) is 3.94. The molecule has 0 amide bonds. The maximum absolute atomic E-state index is 4.40. The first kappa shape index (κ1) is 14.2. The Balaban J connectivity index is 1.55. The zero-order valence-electron chi connectivity index (χ0n) is 12.5. The van der Waals surface area contributed by atoms with Gasteiger partial charge < -0.3 is 4.90 Å². The van der Waals surface area contributed by atoms with Crippen LogP contribution in [0.2, 0.25) is 0 Å². The van der Waals surface area contributed by atoms with Crippen molar-refractivity contribution in [2.24, 2.45) is 0 Å². The highest BCUT2D eigenvalue weighted by molar-refractivity contribution is 5.27. The lowest BCUT2D eigenvalue weighted by atomic mass is 10.2. The van der Waals surface area contributed by atoms with E-state index >= 15 is 0 Å². The standard InChI is InChI=1S/C16H23N5/c1-2-4-11-20(10-3-1)12-6-8-16-18-14-19-21(16)15-7-5-9-17-13-15/h5,7,9,13-14H,1-4,6,8,10-12H2. The van der Waals surface area contributed by atoms with Gasteiger partial charge in [-0.3, -0.25) is 4.98 Å². The third-order valence-electron chi connectivity index (χ3n) is 4.08. The van der Waals surface area contributed by atoms with E-state index in [9.17, 15) is 0 Å². The SMILES string of the molecule is c1cncc(-n2ncnc2CCCN2CCCCCC2)c1. The van der Waals surface area contributed by atoms with Gasteiger partial charge in [-0.15, -0.1) is 0 Å². The van der Waals surface area contributed by atoms with Crippen molar-refractivity contribution in [2.75, 3.05) is 19.6 Å². The molecule has 1 aliphatic heterocycles. The summed E-state index contributed by atoms with van der Waals surface area (Å²) in [6.45, 7) is 3.69. The molecule has 1 saturated heterocycles. The fraction of sp³-hybridized carbons (Fsp3) is 0.562. The van der Waals surface area contributed by atoms with E-state index in [2.05, 4.69) is 20.0 Å². The molecule has 1 fully saturated rings. The van der Waals surface area contributed by atoms with Gasteiger partial charge in [-0.2, -0.15) is 5.10 Å². The molecule has 0 radical (unpaired) electrons. The molecule has 0 bridgehead atoms. The molecular formula is C16H23N5. The summed E-state index contributed by atoms with van der Waals surface area (Å²) in [4.78, 5) is 11.1. The van der Waals surface area contributed by atoms with Gasteiger partial charge in [-0.05, 0) is 51.0 Å². The number of likely N-dealkylation sites (tertiary alicyclic amines) is 1. The van der Waals surface area contributed by atoms with Crippen molar-refractivity contribution in [1.82, 2.24) is 24.6 Å². The van der Waals surface area contributed by atoms with E-state index in [4.69, 9.17) is 0 Å². The van der Waals surface area contributed by atoms with Gasteiger partial charge in [-0.1, -0.05) is 12.8 Å². The van der Waals surface area contributed by atoms with Crippen LogP contribution in [0.3, 0.4) is 0 Å². The Kier molecular flexibility index (Phi) is 4.94. The number of rotatable bonds is 5. The maximum atomic E-state index is 4.40. The van der Waals surface area contributed by atoms with Gasteiger partial charge in [0.2, 0.25) is 0 Å². The van der Waals surface area contributed by atoms with Crippen LogP contribution in [0.1, 0.15) is 37.9 Å². The van der Waals surface area contributed by atoms with Gasteiger partial charge in [0.25, 0.3) is 0 Å². The number of hydrogen-bond donors (Lipinski definition) is 0. The molecule has 0 spiro atoms. The second-order valence-corrected chi connectivity index (χ2v) is 5.66. The largest absolute Gasteiger partial charge is 0.303 e. The summed E-state index contributed by atoms with van der Waals surface area (Å²) < 4.78 is 1.90. The maximum Gasteiger partial charge on any atom is 0.138 e. The Morgan fingerprint density at radius 3 is 2.71 bits per heavy atom. The van der Waals surface area contributed by atoms with Gasteiger partial charge in [0.05, 0.1) is 11.9 Å². The summed E-state index contributed by atoms with van der Waals surface area (Å²) >= 11 is 0. The van der Waals surface area contributed by atoms with Crippen LogP contribution in [0.5, 0.6) is 0 Å². The van der Waals surface area contributed by atoms with Crippen LogP contribution in [0.15, 0.2) is 30.9 Å². The quantitative estimate of drug-likeness (QED) is 0.846. The zero-order chi connectivity index (χ0) is 14.3. The number of nitrogens with zero attached hydrogens (tertiary/aromatic N) is 5. The monoisotopic (exact) mass is 285 g/mol. The van der Waals surface area contributed by atoms with E-state index in [1.54, 1.807) is 12.5 Å². The molecule has 5 heteroatoms. The fourth-order valence-electron chi connectivity index (χ4n) is 2.95. The molecule has 5 nitrogen and oxygen atoms in total. The Morgan fingerprint density at radius 2 is 1.95 bits per heavy atom. The second-order valence-electron chi connectivity index (χ2n) is 5.66. The van der Waals surface area contributed by atoms with E-state index in [1.807, 2.05) is 23.0 Å². The van der Waals surface area contributed by atoms with Crippen LogP contribution in [0.25, 0.3) is 5.69 Å². The number of aryl methyl sites for hydroxylation is 1. The van der Waals surface area contributed by atoms with E-state index in [1.165, 1.54) is 45.3 Å². The van der Waals surface area contributed by atoms with E-state index in [0.717, 1.165) is 24.4 Å². The van der Waals surface area contributed by atoms with Crippen LogP contribution < -0.4 is 0 Å². The molecule has 0 N–H and O–H groups in total. The topological polar surface area (TPSA) is 46.8 Å². The lowest BCUT2D eigenvalue weighted by molar-refractivity contribution is 0.281. The molecule has 0 atom stereocenters. The molecule has 1 aliphatic rings. The van der Waals surface area contributed by atoms with Crippen molar-refractivity contribution in [3.8, 4) is 5.69 Å². The average Bonchev–Trinajstić information content (AvgIpc) is 2.84. The summed E-state index contributed by atoms with van der Waals surface area (Å²) in [5.74, 6) is 1.03. The first-order valence-corrected chi connectivity index (χ1v) is 7.95. The van der Waals surface area contributed by atoms with Gasteiger partial charge in [0.1, 0.15) is 12.2 Å². The molecule has 3 rings (SSSR count). The second kappa shape index (κ2) is 7.31. The highest BCUT2D eigenvalue weighted by atomic mass is 15.3. The third-order valence-corrected chi connectivity index (χ3v) is 4.08. The highest BCUT2D eigenvalue weighted by Gasteiger charge is 2.10. The van der Waals surface area contributed by atoms with Crippen molar-refractivity contribution in [3.63, 3.8) is 0 Å². The van der Waals surface area contributed by atoms with Gasteiger partial charge >= 0.3 is 0 Å². The van der Waals surface area contributed by atoms with Crippen LogP contribution in [0.4, 0.5) is 0 Å². The van der Waals surface area contributed by atoms with Crippen molar-refractivity contribution < 1.29 is 0 Å². The lowest BCUT2D eigenvalue weighted by Crippen LogP contribution is -2.26. The first-order chi connectivity index (χ1) is 10.4. The Hall–Kier alpha value is -1.75. The molecular weight excluding hydrogens is 262 g/mol.